The van der Waals surface area contributed by atoms with Gasteiger partial charge in [-0.25, -0.2) is 13.1 Å². The van der Waals surface area contributed by atoms with Crippen LogP contribution in [-0.2, 0) is 16.2 Å². The van der Waals surface area contributed by atoms with Gasteiger partial charge in [0.1, 0.15) is 17.6 Å². The number of halogens is 3. The third-order valence-corrected chi connectivity index (χ3v) is 5.80. The van der Waals surface area contributed by atoms with E-state index < -0.39 is 39.3 Å². The molecule has 5 nitrogen and oxygen atoms in total. The molecule has 27 heavy (non-hydrogen) atoms. The Kier molecular flexibility index (Phi) is 5.43. The molecule has 0 aliphatic rings. The van der Waals surface area contributed by atoms with Crippen LogP contribution in [0, 0.1) is 0 Å². The first-order valence-electron chi connectivity index (χ1n) is 7.64. The van der Waals surface area contributed by atoms with Gasteiger partial charge in [0.25, 0.3) is 0 Å². The molecule has 0 saturated heterocycles. The zero-order valence-corrected chi connectivity index (χ0v) is 15.2. The molecular formula is C17H14F3NO4S2. The molecule has 0 amide bonds. The Morgan fingerprint density at radius 2 is 1.96 bits per heavy atom. The Morgan fingerprint density at radius 3 is 2.63 bits per heavy atom. The van der Waals surface area contributed by atoms with Gasteiger partial charge in [0.15, 0.2) is 0 Å². The summed E-state index contributed by atoms with van der Waals surface area (Å²) in [6, 6.07) is 8.35. The highest BCUT2D eigenvalue weighted by atomic mass is 32.2. The minimum absolute atomic E-state index is 0.142. The van der Waals surface area contributed by atoms with E-state index in [4.69, 9.17) is 4.42 Å². The van der Waals surface area contributed by atoms with E-state index in [0.29, 0.717) is 11.8 Å². The van der Waals surface area contributed by atoms with Crippen LogP contribution in [-0.4, -0.2) is 20.1 Å². The molecule has 0 spiro atoms. The molecule has 3 rings (SSSR count). The molecule has 0 aliphatic carbocycles. The second kappa shape index (κ2) is 7.47. The molecular weight excluding hydrogens is 403 g/mol. The molecule has 0 aliphatic heterocycles. The Balaban J connectivity index is 1.70. The fraction of sp³-hybridized carbons (Fsp3) is 0.176. The number of hydrogen-bond acceptors (Lipinski definition) is 5. The van der Waals surface area contributed by atoms with E-state index in [2.05, 4.69) is 4.72 Å². The number of nitrogens with one attached hydrogen (secondary N) is 1. The van der Waals surface area contributed by atoms with Crippen LogP contribution in [0.3, 0.4) is 0 Å². The number of furan rings is 1. The zero-order valence-electron chi connectivity index (χ0n) is 13.6. The minimum Gasteiger partial charge on any atom is -0.458 e. The lowest BCUT2D eigenvalue weighted by molar-refractivity contribution is -0.137. The van der Waals surface area contributed by atoms with Gasteiger partial charge < -0.3 is 9.52 Å². The molecule has 2 aromatic heterocycles. The lowest BCUT2D eigenvalue weighted by Gasteiger charge is -2.12. The van der Waals surface area contributed by atoms with E-state index in [0.717, 1.165) is 23.8 Å². The smallest absolute Gasteiger partial charge is 0.416 e. The maximum atomic E-state index is 12.7. The maximum absolute atomic E-state index is 12.7. The van der Waals surface area contributed by atoms with Crippen molar-refractivity contribution in [1.29, 1.82) is 0 Å². The summed E-state index contributed by atoms with van der Waals surface area (Å²) in [6.07, 6.45) is -5.95. The fourth-order valence-electron chi connectivity index (χ4n) is 2.30. The van der Waals surface area contributed by atoms with Gasteiger partial charge in [-0.3, -0.25) is 0 Å². The van der Waals surface area contributed by atoms with Crippen molar-refractivity contribution in [3.8, 4) is 11.3 Å². The van der Waals surface area contributed by atoms with E-state index in [1.54, 1.807) is 6.07 Å². The van der Waals surface area contributed by atoms with Crippen molar-refractivity contribution in [2.75, 3.05) is 6.54 Å². The average Bonchev–Trinajstić information content (AvgIpc) is 3.30. The molecule has 0 saturated carbocycles. The van der Waals surface area contributed by atoms with Gasteiger partial charge in [-0.1, -0.05) is 6.07 Å². The number of rotatable bonds is 6. The third kappa shape index (κ3) is 4.59. The summed E-state index contributed by atoms with van der Waals surface area (Å²) in [5.74, 6) is 0.661. The molecule has 10 heteroatoms. The molecule has 0 fully saturated rings. The monoisotopic (exact) mass is 417 g/mol. The molecule has 144 valence electrons. The van der Waals surface area contributed by atoms with Crippen LogP contribution in [0.2, 0.25) is 0 Å². The predicted molar refractivity (Wildman–Crippen MR) is 93.6 cm³/mol. The van der Waals surface area contributed by atoms with Crippen LogP contribution in [0.15, 0.2) is 62.5 Å². The lowest BCUT2D eigenvalue weighted by Crippen LogP contribution is -2.28. The summed E-state index contributed by atoms with van der Waals surface area (Å²) in [5, 5.41) is 13.8. The van der Waals surface area contributed by atoms with Gasteiger partial charge in [0.05, 0.1) is 10.5 Å². The van der Waals surface area contributed by atoms with Gasteiger partial charge in [0, 0.05) is 17.5 Å². The zero-order chi connectivity index (χ0) is 19.7. The van der Waals surface area contributed by atoms with Crippen molar-refractivity contribution < 1.29 is 31.1 Å². The van der Waals surface area contributed by atoms with Crippen molar-refractivity contribution >= 4 is 21.4 Å². The SMILES string of the molecule is O=S(=O)(NC[C@@H](O)c1ccc(-c2ccsc2)o1)c1cccc(C(F)(F)F)c1. The number of hydrogen-bond donors (Lipinski definition) is 2. The first kappa shape index (κ1) is 19.6. The number of aliphatic hydroxyl groups is 1. The van der Waals surface area contributed by atoms with Crippen molar-refractivity contribution in [2.24, 2.45) is 0 Å². The molecule has 2 heterocycles. The normalized spacial score (nSPS) is 13.6. The summed E-state index contributed by atoms with van der Waals surface area (Å²) in [7, 11) is -4.23. The van der Waals surface area contributed by atoms with Crippen molar-refractivity contribution in [3.05, 3.63) is 64.5 Å². The van der Waals surface area contributed by atoms with E-state index in [9.17, 15) is 26.7 Å². The molecule has 1 aromatic carbocycles. The number of sulfonamides is 1. The molecule has 0 radical (unpaired) electrons. The van der Waals surface area contributed by atoms with Crippen molar-refractivity contribution in [1.82, 2.24) is 4.72 Å². The van der Waals surface area contributed by atoms with Gasteiger partial charge in [-0.15, -0.1) is 0 Å². The van der Waals surface area contributed by atoms with Gasteiger partial charge in [-0.2, -0.15) is 24.5 Å². The van der Waals surface area contributed by atoms with Gasteiger partial charge in [-0.05, 0) is 41.8 Å². The summed E-state index contributed by atoms with van der Waals surface area (Å²) < 4.78 is 70.3. The van der Waals surface area contributed by atoms with Crippen LogP contribution in [0.5, 0.6) is 0 Å². The van der Waals surface area contributed by atoms with Crippen molar-refractivity contribution in [3.63, 3.8) is 0 Å². The van der Waals surface area contributed by atoms with Crippen LogP contribution < -0.4 is 4.72 Å². The van der Waals surface area contributed by atoms with E-state index in [1.165, 1.54) is 17.4 Å². The molecule has 0 bridgehead atoms. The Labute approximate surface area is 157 Å². The maximum Gasteiger partial charge on any atom is 0.416 e. The molecule has 3 aromatic rings. The van der Waals surface area contributed by atoms with Gasteiger partial charge in [0.2, 0.25) is 10.0 Å². The van der Waals surface area contributed by atoms with Crippen LogP contribution in [0.1, 0.15) is 17.4 Å². The summed E-state index contributed by atoms with van der Waals surface area (Å²) in [4.78, 5) is -0.539. The second-order valence-electron chi connectivity index (χ2n) is 5.61. The Morgan fingerprint density at radius 1 is 1.19 bits per heavy atom. The summed E-state index contributed by atoms with van der Waals surface area (Å²) >= 11 is 1.47. The van der Waals surface area contributed by atoms with E-state index >= 15 is 0 Å². The average molecular weight is 417 g/mol. The highest BCUT2D eigenvalue weighted by Gasteiger charge is 2.31. The second-order valence-corrected chi connectivity index (χ2v) is 8.15. The molecule has 1 atom stereocenters. The van der Waals surface area contributed by atoms with Crippen molar-refractivity contribution in [2.45, 2.75) is 17.2 Å². The molecule has 0 unspecified atom stereocenters. The number of aliphatic hydroxyl groups excluding tert-OH is 1. The van der Waals surface area contributed by atoms with E-state index in [-0.39, 0.29) is 5.76 Å². The highest BCUT2D eigenvalue weighted by molar-refractivity contribution is 7.89. The van der Waals surface area contributed by atoms with Crippen LogP contribution in [0.4, 0.5) is 13.2 Å². The highest BCUT2D eigenvalue weighted by Crippen LogP contribution is 2.31. The predicted octanol–water partition coefficient (Wildman–Crippen LogP) is 4.04. The lowest BCUT2D eigenvalue weighted by atomic mass is 10.2. The number of thiophene rings is 1. The Hall–Kier alpha value is -2.14. The fourth-order valence-corrected chi connectivity index (χ4v) is 4.03. The Bertz CT molecular complexity index is 1010. The molecule has 2 N–H and O–H groups in total. The summed E-state index contributed by atoms with van der Waals surface area (Å²) in [6.45, 7) is -0.449. The quantitative estimate of drug-likeness (QED) is 0.635. The largest absolute Gasteiger partial charge is 0.458 e. The van der Waals surface area contributed by atoms with Crippen LogP contribution in [0.25, 0.3) is 11.3 Å². The third-order valence-electron chi connectivity index (χ3n) is 3.70. The summed E-state index contributed by atoms with van der Waals surface area (Å²) in [5.41, 5.74) is -0.250. The number of alkyl halides is 3. The first-order valence-corrected chi connectivity index (χ1v) is 10.1. The van der Waals surface area contributed by atoms with E-state index in [1.807, 2.05) is 16.8 Å². The topological polar surface area (TPSA) is 79.5 Å². The van der Waals surface area contributed by atoms with Crippen LogP contribution >= 0.6 is 11.3 Å². The minimum atomic E-state index is -4.66. The number of benzene rings is 1. The van der Waals surface area contributed by atoms with Gasteiger partial charge >= 0.3 is 6.18 Å². The first-order chi connectivity index (χ1) is 12.7. The standard InChI is InChI=1S/C17H14F3NO4S2/c18-17(19,20)12-2-1-3-13(8-12)27(23,24)21-9-14(22)16-5-4-15(25-16)11-6-7-26-10-11/h1-8,10,14,21-22H,9H2/t14-/m1/s1.